The standard InChI is InChI=1S/C13H14O3/c1-8(13(15)16)9-2-4-10(5-3-9)12(14)11-6-7-11/h2-5,8,11H,6-7H2,1H3,(H,15,16)/t8-/m1/s1. The van der Waals surface area contributed by atoms with Crippen molar-refractivity contribution in [3.05, 3.63) is 35.4 Å². The molecular formula is C13H14O3. The molecule has 0 spiro atoms. The Morgan fingerprint density at radius 1 is 1.25 bits per heavy atom. The van der Waals surface area contributed by atoms with Gasteiger partial charge in [-0.25, -0.2) is 0 Å². The molecule has 0 bridgehead atoms. The molecule has 0 amide bonds. The Labute approximate surface area is 94.1 Å². The first-order valence-corrected chi connectivity index (χ1v) is 5.46. The lowest BCUT2D eigenvalue weighted by molar-refractivity contribution is -0.138. The number of carboxylic acids is 1. The highest BCUT2D eigenvalue weighted by Crippen LogP contribution is 2.32. The van der Waals surface area contributed by atoms with Crippen LogP contribution in [-0.2, 0) is 4.79 Å². The van der Waals surface area contributed by atoms with Gasteiger partial charge in [0.15, 0.2) is 5.78 Å². The van der Waals surface area contributed by atoms with E-state index in [1.165, 1.54) is 0 Å². The summed E-state index contributed by atoms with van der Waals surface area (Å²) < 4.78 is 0. The van der Waals surface area contributed by atoms with E-state index in [1.54, 1.807) is 31.2 Å². The molecular weight excluding hydrogens is 204 g/mol. The first-order chi connectivity index (χ1) is 7.59. The maximum Gasteiger partial charge on any atom is 0.310 e. The second-order valence-corrected chi connectivity index (χ2v) is 4.32. The van der Waals surface area contributed by atoms with Crippen molar-refractivity contribution in [2.24, 2.45) is 5.92 Å². The zero-order valence-electron chi connectivity index (χ0n) is 9.14. The lowest BCUT2D eigenvalue weighted by Crippen LogP contribution is -2.08. The van der Waals surface area contributed by atoms with Crippen LogP contribution in [0, 0.1) is 5.92 Å². The molecule has 1 atom stereocenters. The average Bonchev–Trinajstić information content (AvgIpc) is 3.11. The van der Waals surface area contributed by atoms with Gasteiger partial charge in [-0.3, -0.25) is 9.59 Å². The summed E-state index contributed by atoms with van der Waals surface area (Å²) in [5.74, 6) is -0.969. The Balaban J connectivity index is 2.15. The van der Waals surface area contributed by atoms with Crippen molar-refractivity contribution < 1.29 is 14.7 Å². The normalized spacial score (nSPS) is 16.8. The van der Waals surface area contributed by atoms with Gasteiger partial charge in [0.05, 0.1) is 5.92 Å². The predicted molar refractivity (Wildman–Crippen MR) is 59.5 cm³/mol. The molecule has 0 heterocycles. The zero-order chi connectivity index (χ0) is 11.7. The molecule has 3 heteroatoms. The third-order valence-electron chi connectivity index (χ3n) is 3.01. The van der Waals surface area contributed by atoms with Gasteiger partial charge in [-0.2, -0.15) is 0 Å². The Hall–Kier alpha value is -1.64. The van der Waals surface area contributed by atoms with Crippen molar-refractivity contribution in [2.75, 3.05) is 0 Å². The minimum absolute atomic E-state index is 0.189. The predicted octanol–water partition coefficient (Wildman–Crippen LogP) is 2.47. The summed E-state index contributed by atoms with van der Waals surface area (Å²) in [6.07, 6.45) is 1.98. The molecule has 1 aromatic carbocycles. The van der Waals surface area contributed by atoms with E-state index >= 15 is 0 Å². The summed E-state index contributed by atoms with van der Waals surface area (Å²) in [5.41, 5.74) is 1.43. The molecule has 0 aliphatic heterocycles. The Kier molecular flexibility index (Phi) is 2.77. The van der Waals surface area contributed by atoms with Crippen LogP contribution in [0.25, 0.3) is 0 Å². The van der Waals surface area contributed by atoms with E-state index in [4.69, 9.17) is 5.11 Å². The second-order valence-electron chi connectivity index (χ2n) is 4.32. The SMILES string of the molecule is C[C@@H](C(=O)O)c1ccc(C(=O)C2CC2)cc1. The van der Waals surface area contributed by atoms with Crippen LogP contribution in [0.15, 0.2) is 24.3 Å². The first kappa shape index (κ1) is 10.9. The van der Waals surface area contributed by atoms with E-state index in [9.17, 15) is 9.59 Å². The molecule has 0 unspecified atom stereocenters. The monoisotopic (exact) mass is 218 g/mol. The fourth-order valence-corrected chi connectivity index (χ4v) is 1.66. The highest BCUT2D eigenvalue weighted by atomic mass is 16.4. The number of benzene rings is 1. The molecule has 1 aliphatic carbocycles. The Morgan fingerprint density at radius 3 is 2.25 bits per heavy atom. The summed E-state index contributed by atoms with van der Waals surface area (Å²) in [6, 6.07) is 6.92. The summed E-state index contributed by atoms with van der Waals surface area (Å²) in [4.78, 5) is 22.5. The Bertz CT molecular complexity index is 415. The number of carboxylic acid groups (broad SMARTS) is 1. The van der Waals surface area contributed by atoms with Crippen LogP contribution in [0.4, 0.5) is 0 Å². The van der Waals surface area contributed by atoms with Crippen molar-refractivity contribution >= 4 is 11.8 Å². The smallest absolute Gasteiger partial charge is 0.310 e. The van der Waals surface area contributed by atoms with Crippen LogP contribution < -0.4 is 0 Å². The lowest BCUT2D eigenvalue weighted by atomic mass is 9.98. The van der Waals surface area contributed by atoms with Gasteiger partial charge in [0.1, 0.15) is 0 Å². The fourth-order valence-electron chi connectivity index (χ4n) is 1.66. The molecule has 2 rings (SSSR count). The van der Waals surface area contributed by atoms with Crippen LogP contribution in [0.2, 0.25) is 0 Å². The van der Waals surface area contributed by atoms with E-state index in [2.05, 4.69) is 0 Å². The van der Waals surface area contributed by atoms with Crippen LogP contribution in [-0.4, -0.2) is 16.9 Å². The van der Waals surface area contributed by atoms with Crippen molar-refractivity contribution in [3.8, 4) is 0 Å². The summed E-state index contributed by atoms with van der Waals surface area (Å²) in [7, 11) is 0. The average molecular weight is 218 g/mol. The minimum Gasteiger partial charge on any atom is -0.481 e. The fraction of sp³-hybridized carbons (Fsp3) is 0.385. The molecule has 3 nitrogen and oxygen atoms in total. The third-order valence-corrected chi connectivity index (χ3v) is 3.01. The third kappa shape index (κ3) is 2.13. The van der Waals surface area contributed by atoms with Crippen LogP contribution in [0.3, 0.4) is 0 Å². The van der Waals surface area contributed by atoms with E-state index < -0.39 is 11.9 Å². The quantitative estimate of drug-likeness (QED) is 0.790. The van der Waals surface area contributed by atoms with Crippen molar-refractivity contribution in [3.63, 3.8) is 0 Å². The van der Waals surface area contributed by atoms with E-state index in [1.807, 2.05) is 0 Å². The molecule has 84 valence electrons. The first-order valence-electron chi connectivity index (χ1n) is 5.46. The molecule has 1 saturated carbocycles. The van der Waals surface area contributed by atoms with Gasteiger partial charge in [0.2, 0.25) is 0 Å². The minimum atomic E-state index is -0.846. The lowest BCUT2D eigenvalue weighted by Gasteiger charge is -2.07. The van der Waals surface area contributed by atoms with E-state index in [0.29, 0.717) is 5.56 Å². The Morgan fingerprint density at radius 2 is 1.81 bits per heavy atom. The van der Waals surface area contributed by atoms with Gasteiger partial charge in [0, 0.05) is 11.5 Å². The molecule has 1 N–H and O–H groups in total. The van der Waals surface area contributed by atoms with Gasteiger partial charge in [0.25, 0.3) is 0 Å². The molecule has 1 aliphatic rings. The van der Waals surface area contributed by atoms with Crippen molar-refractivity contribution in [2.45, 2.75) is 25.7 Å². The zero-order valence-corrected chi connectivity index (χ0v) is 9.14. The highest BCUT2D eigenvalue weighted by Gasteiger charge is 2.30. The number of hydrogen-bond acceptors (Lipinski definition) is 2. The van der Waals surface area contributed by atoms with Gasteiger partial charge in [-0.1, -0.05) is 24.3 Å². The number of carbonyl (C=O) groups excluding carboxylic acids is 1. The van der Waals surface area contributed by atoms with E-state index in [-0.39, 0.29) is 11.7 Å². The number of ketones is 1. The van der Waals surface area contributed by atoms with Crippen LogP contribution in [0.5, 0.6) is 0 Å². The second kappa shape index (κ2) is 4.08. The molecule has 1 fully saturated rings. The largest absolute Gasteiger partial charge is 0.481 e. The molecule has 1 aromatic rings. The summed E-state index contributed by atoms with van der Waals surface area (Å²) >= 11 is 0. The van der Waals surface area contributed by atoms with Crippen LogP contribution in [0.1, 0.15) is 41.6 Å². The number of aliphatic carboxylic acids is 1. The van der Waals surface area contributed by atoms with Gasteiger partial charge >= 0.3 is 5.97 Å². The van der Waals surface area contributed by atoms with Gasteiger partial charge in [-0.05, 0) is 25.3 Å². The van der Waals surface area contributed by atoms with Crippen molar-refractivity contribution in [1.82, 2.24) is 0 Å². The molecule has 0 aromatic heterocycles. The van der Waals surface area contributed by atoms with Gasteiger partial charge in [-0.15, -0.1) is 0 Å². The van der Waals surface area contributed by atoms with Crippen LogP contribution >= 0.6 is 0 Å². The van der Waals surface area contributed by atoms with Gasteiger partial charge < -0.3 is 5.11 Å². The number of carbonyl (C=O) groups is 2. The maximum atomic E-state index is 11.7. The molecule has 0 saturated heterocycles. The number of rotatable bonds is 4. The molecule has 0 radical (unpaired) electrons. The van der Waals surface area contributed by atoms with E-state index in [0.717, 1.165) is 18.4 Å². The molecule has 16 heavy (non-hydrogen) atoms. The summed E-state index contributed by atoms with van der Waals surface area (Å²) in [5, 5.41) is 8.85. The number of hydrogen-bond donors (Lipinski definition) is 1. The number of Topliss-reactive ketones (excluding diaryl/α,β-unsaturated/α-hetero) is 1. The maximum absolute atomic E-state index is 11.7. The van der Waals surface area contributed by atoms with Crippen molar-refractivity contribution in [1.29, 1.82) is 0 Å². The summed E-state index contributed by atoms with van der Waals surface area (Å²) in [6.45, 7) is 1.64. The topological polar surface area (TPSA) is 54.4 Å². The highest BCUT2D eigenvalue weighted by molar-refractivity contribution is 5.99.